The van der Waals surface area contributed by atoms with E-state index in [0.717, 1.165) is 44.4 Å². The maximum atomic E-state index is 13.0. The molecule has 2 atom stereocenters. The molecule has 0 saturated carbocycles. The zero-order chi connectivity index (χ0) is 21.1. The third-order valence-corrected chi connectivity index (χ3v) is 6.84. The summed E-state index contributed by atoms with van der Waals surface area (Å²) in [6.07, 6.45) is 1.83. The van der Waals surface area contributed by atoms with Crippen molar-refractivity contribution in [2.24, 2.45) is 5.92 Å². The molecular weight excluding hydrogens is 398 g/mol. The average molecular weight is 430 g/mol. The Labute approximate surface area is 182 Å². The van der Waals surface area contributed by atoms with E-state index in [9.17, 15) is 4.79 Å². The maximum absolute atomic E-state index is 13.0. The minimum absolute atomic E-state index is 0.0619. The molecular formula is C22H31N5O2S. The molecule has 0 aromatic carbocycles. The fourth-order valence-corrected chi connectivity index (χ4v) is 5.17. The lowest BCUT2D eigenvalue weighted by Gasteiger charge is -2.27. The molecule has 1 N–H and O–H groups in total. The molecule has 4 heterocycles. The summed E-state index contributed by atoms with van der Waals surface area (Å²) in [5.41, 5.74) is 2.28. The number of ether oxygens (including phenoxy) is 1. The predicted molar refractivity (Wildman–Crippen MR) is 119 cm³/mol. The monoisotopic (exact) mass is 429 g/mol. The number of hydrogen-bond donors (Lipinski definition) is 1. The van der Waals surface area contributed by atoms with Crippen LogP contribution in [0.25, 0.3) is 0 Å². The van der Waals surface area contributed by atoms with E-state index in [0.29, 0.717) is 13.2 Å². The lowest BCUT2D eigenvalue weighted by Crippen LogP contribution is -2.39. The Kier molecular flexibility index (Phi) is 6.65. The summed E-state index contributed by atoms with van der Waals surface area (Å²) in [4.78, 5) is 28.3. The summed E-state index contributed by atoms with van der Waals surface area (Å²) < 4.78 is 5.45. The molecule has 162 valence electrons. The predicted octanol–water partition coefficient (Wildman–Crippen LogP) is 2.42. The molecule has 2 aliphatic heterocycles. The number of carbonyl (C=O) groups excluding carboxylic acids is 1. The fourth-order valence-electron chi connectivity index (χ4n) is 4.22. The molecule has 4 rings (SSSR count). The zero-order valence-corrected chi connectivity index (χ0v) is 18.8. The van der Waals surface area contributed by atoms with Crippen LogP contribution < -0.4 is 10.2 Å². The summed E-state index contributed by atoms with van der Waals surface area (Å²) in [6, 6.07) is 4.26. The lowest BCUT2D eigenvalue weighted by molar-refractivity contribution is -0.125. The number of rotatable bonds is 6. The summed E-state index contributed by atoms with van der Waals surface area (Å²) in [7, 11) is 0. The summed E-state index contributed by atoms with van der Waals surface area (Å²) in [6.45, 7) is 11.6. The Bertz CT molecular complexity index is 865. The van der Waals surface area contributed by atoms with Crippen LogP contribution in [0.5, 0.6) is 0 Å². The molecule has 0 bridgehead atoms. The highest BCUT2D eigenvalue weighted by molar-refractivity contribution is 7.10. The smallest absolute Gasteiger partial charge is 0.225 e. The molecule has 2 aromatic heterocycles. The number of morpholine rings is 1. The molecule has 0 aliphatic carbocycles. The van der Waals surface area contributed by atoms with Crippen molar-refractivity contribution >= 4 is 23.2 Å². The van der Waals surface area contributed by atoms with Gasteiger partial charge in [-0.1, -0.05) is 0 Å². The summed E-state index contributed by atoms with van der Waals surface area (Å²) >= 11 is 1.79. The maximum Gasteiger partial charge on any atom is 0.225 e. The molecule has 2 aliphatic rings. The van der Waals surface area contributed by atoms with Gasteiger partial charge in [-0.2, -0.15) is 0 Å². The Morgan fingerprint density at radius 2 is 2.10 bits per heavy atom. The number of thiophene rings is 1. The van der Waals surface area contributed by atoms with Crippen LogP contribution in [-0.2, 0) is 16.1 Å². The summed E-state index contributed by atoms with van der Waals surface area (Å²) in [5, 5.41) is 5.26. The van der Waals surface area contributed by atoms with Crippen LogP contribution >= 0.6 is 11.3 Å². The van der Waals surface area contributed by atoms with Gasteiger partial charge in [0.1, 0.15) is 0 Å². The number of nitrogens with one attached hydrogen (secondary N) is 1. The number of aryl methyl sites for hydroxylation is 1. The van der Waals surface area contributed by atoms with E-state index in [1.165, 1.54) is 10.4 Å². The highest BCUT2D eigenvalue weighted by Gasteiger charge is 2.39. The van der Waals surface area contributed by atoms with Crippen LogP contribution in [-0.4, -0.2) is 66.2 Å². The van der Waals surface area contributed by atoms with Crippen molar-refractivity contribution in [1.29, 1.82) is 0 Å². The highest BCUT2D eigenvalue weighted by Crippen LogP contribution is 2.34. The second-order valence-electron chi connectivity index (χ2n) is 8.48. The molecule has 2 aromatic rings. The minimum Gasteiger partial charge on any atom is -0.378 e. The first-order valence-electron chi connectivity index (χ1n) is 10.7. The number of carbonyl (C=O) groups is 1. The Morgan fingerprint density at radius 1 is 1.30 bits per heavy atom. The van der Waals surface area contributed by atoms with Crippen molar-refractivity contribution in [2.75, 3.05) is 44.3 Å². The van der Waals surface area contributed by atoms with Gasteiger partial charge in [0.05, 0.1) is 24.8 Å². The Morgan fingerprint density at radius 3 is 2.80 bits per heavy atom. The quantitative estimate of drug-likeness (QED) is 0.761. The molecule has 0 spiro atoms. The molecule has 1 amide bonds. The van der Waals surface area contributed by atoms with E-state index < -0.39 is 0 Å². The normalized spacial score (nSPS) is 22.6. The second kappa shape index (κ2) is 9.41. The van der Waals surface area contributed by atoms with E-state index in [1.54, 1.807) is 11.3 Å². The molecule has 7 nitrogen and oxygen atoms in total. The first-order valence-corrected chi connectivity index (χ1v) is 11.6. The van der Waals surface area contributed by atoms with Gasteiger partial charge in [0.25, 0.3) is 0 Å². The van der Waals surface area contributed by atoms with Crippen LogP contribution in [0.1, 0.15) is 35.9 Å². The van der Waals surface area contributed by atoms with Crippen LogP contribution in [0, 0.1) is 12.8 Å². The Hall–Kier alpha value is -2.03. The van der Waals surface area contributed by atoms with Gasteiger partial charge in [0.2, 0.25) is 11.9 Å². The van der Waals surface area contributed by atoms with Gasteiger partial charge >= 0.3 is 0 Å². The van der Waals surface area contributed by atoms with Gasteiger partial charge < -0.3 is 15.0 Å². The number of aromatic nitrogens is 2. The van der Waals surface area contributed by atoms with Crippen molar-refractivity contribution in [3.63, 3.8) is 0 Å². The van der Waals surface area contributed by atoms with Crippen molar-refractivity contribution < 1.29 is 9.53 Å². The van der Waals surface area contributed by atoms with Crippen molar-refractivity contribution in [3.8, 4) is 0 Å². The number of nitrogens with zero attached hydrogens (tertiary/aromatic N) is 4. The summed E-state index contributed by atoms with van der Waals surface area (Å²) in [5.74, 6) is 0.810. The third kappa shape index (κ3) is 4.82. The van der Waals surface area contributed by atoms with Gasteiger partial charge in [-0.05, 0) is 43.8 Å². The van der Waals surface area contributed by atoms with Gasteiger partial charge in [-0.15, -0.1) is 11.3 Å². The SMILES string of the molecule is Cc1ccsc1CN1C[C@H](C(=O)NC(C)C)[C@@H](c2ccnc(N3CCOCC3)n2)C1. The van der Waals surface area contributed by atoms with Gasteiger partial charge in [0.15, 0.2) is 0 Å². The van der Waals surface area contributed by atoms with E-state index in [1.807, 2.05) is 26.1 Å². The van der Waals surface area contributed by atoms with E-state index in [-0.39, 0.29) is 23.8 Å². The highest BCUT2D eigenvalue weighted by atomic mass is 32.1. The van der Waals surface area contributed by atoms with Gasteiger partial charge in [-0.3, -0.25) is 9.69 Å². The first-order chi connectivity index (χ1) is 14.5. The number of hydrogen-bond acceptors (Lipinski definition) is 7. The number of likely N-dealkylation sites (tertiary alicyclic amines) is 1. The van der Waals surface area contributed by atoms with Crippen molar-refractivity contribution in [1.82, 2.24) is 20.2 Å². The van der Waals surface area contributed by atoms with E-state index in [4.69, 9.17) is 9.72 Å². The third-order valence-electron chi connectivity index (χ3n) is 5.84. The molecule has 0 unspecified atom stereocenters. The second-order valence-corrected chi connectivity index (χ2v) is 9.48. The van der Waals surface area contributed by atoms with Gasteiger partial charge in [-0.25, -0.2) is 9.97 Å². The average Bonchev–Trinajstić information content (AvgIpc) is 3.35. The fraction of sp³-hybridized carbons (Fsp3) is 0.591. The Balaban J connectivity index is 1.56. The van der Waals surface area contributed by atoms with Crippen molar-refractivity contribution in [2.45, 2.75) is 39.3 Å². The molecule has 2 fully saturated rings. The van der Waals surface area contributed by atoms with Crippen LogP contribution in [0.2, 0.25) is 0 Å². The molecule has 2 saturated heterocycles. The molecule has 0 radical (unpaired) electrons. The molecule has 30 heavy (non-hydrogen) atoms. The van der Waals surface area contributed by atoms with E-state index >= 15 is 0 Å². The van der Waals surface area contributed by atoms with Crippen LogP contribution in [0.3, 0.4) is 0 Å². The van der Waals surface area contributed by atoms with E-state index in [2.05, 4.69) is 38.5 Å². The van der Waals surface area contributed by atoms with Crippen molar-refractivity contribution in [3.05, 3.63) is 39.8 Å². The topological polar surface area (TPSA) is 70.6 Å². The van der Waals surface area contributed by atoms with Gasteiger partial charge in [0, 0.05) is 55.8 Å². The molecule has 8 heteroatoms. The largest absolute Gasteiger partial charge is 0.378 e. The first kappa shape index (κ1) is 21.2. The zero-order valence-electron chi connectivity index (χ0n) is 18.0. The van der Waals surface area contributed by atoms with Crippen LogP contribution in [0.15, 0.2) is 23.7 Å². The minimum atomic E-state index is -0.111. The lowest BCUT2D eigenvalue weighted by atomic mass is 9.91. The standard InChI is InChI=1S/C22H31N5O2S/c1-15(2)24-21(28)18-13-26(14-20-16(3)5-11-30-20)12-17(18)19-4-6-23-22(25-19)27-7-9-29-10-8-27/h4-6,11,15,17-18H,7-10,12-14H2,1-3H3,(H,24,28)/t17-,18-/m0/s1. The van der Waals surface area contributed by atoms with Crippen LogP contribution in [0.4, 0.5) is 5.95 Å². The number of amides is 1. The number of anilines is 1.